The van der Waals surface area contributed by atoms with Gasteiger partial charge < -0.3 is 4.90 Å². The quantitative estimate of drug-likeness (QED) is 0.815. The number of carbonyl (C=O) groups excluding carboxylic acids is 1. The molecule has 1 saturated carbocycles. The number of amides is 1. The van der Waals surface area contributed by atoms with Crippen molar-refractivity contribution >= 4 is 5.91 Å². The Morgan fingerprint density at radius 2 is 2.00 bits per heavy atom. The summed E-state index contributed by atoms with van der Waals surface area (Å²) in [7, 11) is 0. The maximum Gasteiger partial charge on any atom is 0.241 e. The maximum absolute atomic E-state index is 12.2. The SMILES string of the molecule is CC(C)C1NC(C)N(CCC2CCCC2)C1=O. The molecule has 2 rings (SSSR count). The van der Waals surface area contributed by atoms with Crippen LogP contribution in [0.5, 0.6) is 0 Å². The van der Waals surface area contributed by atoms with Crippen LogP contribution in [-0.4, -0.2) is 29.6 Å². The van der Waals surface area contributed by atoms with E-state index in [1.165, 1.54) is 32.1 Å². The highest BCUT2D eigenvalue weighted by Crippen LogP contribution is 2.28. The predicted octanol–water partition coefficient (Wildman–Crippen LogP) is 2.37. The Morgan fingerprint density at radius 3 is 2.53 bits per heavy atom. The molecular weight excluding hydrogens is 212 g/mol. The number of hydrogen-bond acceptors (Lipinski definition) is 2. The van der Waals surface area contributed by atoms with E-state index in [0.717, 1.165) is 12.5 Å². The lowest BCUT2D eigenvalue weighted by molar-refractivity contribution is -0.130. The van der Waals surface area contributed by atoms with Crippen molar-refractivity contribution in [3.63, 3.8) is 0 Å². The second-order valence-corrected chi connectivity index (χ2v) is 6.04. The highest BCUT2D eigenvalue weighted by atomic mass is 16.2. The van der Waals surface area contributed by atoms with Gasteiger partial charge in [0.25, 0.3) is 0 Å². The van der Waals surface area contributed by atoms with E-state index in [0.29, 0.717) is 11.8 Å². The van der Waals surface area contributed by atoms with Crippen molar-refractivity contribution in [2.24, 2.45) is 11.8 Å². The fourth-order valence-electron chi connectivity index (χ4n) is 3.19. The van der Waals surface area contributed by atoms with E-state index in [2.05, 4.69) is 26.1 Å². The summed E-state index contributed by atoms with van der Waals surface area (Å²) >= 11 is 0. The molecule has 2 fully saturated rings. The average Bonchev–Trinajstić information content (AvgIpc) is 2.86. The fourth-order valence-corrected chi connectivity index (χ4v) is 3.19. The molecule has 3 nitrogen and oxygen atoms in total. The van der Waals surface area contributed by atoms with Gasteiger partial charge in [0.2, 0.25) is 5.91 Å². The van der Waals surface area contributed by atoms with Crippen LogP contribution in [0.4, 0.5) is 0 Å². The Kier molecular flexibility index (Phi) is 4.08. The van der Waals surface area contributed by atoms with Crippen LogP contribution in [-0.2, 0) is 4.79 Å². The first-order chi connectivity index (χ1) is 8.09. The third-order valence-electron chi connectivity index (χ3n) is 4.36. The van der Waals surface area contributed by atoms with Gasteiger partial charge in [0, 0.05) is 6.54 Å². The Bertz CT molecular complexity index is 271. The zero-order chi connectivity index (χ0) is 12.4. The van der Waals surface area contributed by atoms with Gasteiger partial charge in [0.1, 0.15) is 0 Å². The van der Waals surface area contributed by atoms with Crippen LogP contribution < -0.4 is 5.32 Å². The van der Waals surface area contributed by atoms with Gasteiger partial charge >= 0.3 is 0 Å². The van der Waals surface area contributed by atoms with Gasteiger partial charge in [-0.3, -0.25) is 10.1 Å². The zero-order valence-electron chi connectivity index (χ0n) is 11.4. The number of hydrogen-bond donors (Lipinski definition) is 1. The summed E-state index contributed by atoms with van der Waals surface area (Å²) in [6.07, 6.45) is 6.94. The van der Waals surface area contributed by atoms with E-state index in [1.54, 1.807) is 0 Å². The molecule has 1 aliphatic heterocycles. The highest BCUT2D eigenvalue weighted by Gasteiger charge is 2.37. The number of rotatable bonds is 4. The molecule has 0 aromatic carbocycles. The highest BCUT2D eigenvalue weighted by molar-refractivity contribution is 5.84. The summed E-state index contributed by atoms with van der Waals surface area (Å²) in [6.45, 7) is 7.28. The number of carbonyl (C=O) groups is 1. The van der Waals surface area contributed by atoms with E-state index in [-0.39, 0.29) is 12.2 Å². The molecule has 17 heavy (non-hydrogen) atoms. The van der Waals surface area contributed by atoms with Crippen LogP contribution in [0.1, 0.15) is 52.9 Å². The van der Waals surface area contributed by atoms with Crippen LogP contribution in [0.2, 0.25) is 0 Å². The summed E-state index contributed by atoms with van der Waals surface area (Å²) in [5, 5.41) is 3.40. The second-order valence-electron chi connectivity index (χ2n) is 6.04. The molecule has 2 unspecified atom stereocenters. The van der Waals surface area contributed by atoms with E-state index in [9.17, 15) is 4.79 Å². The van der Waals surface area contributed by atoms with Crippen molar-refractivity contribution in [3.05, 3.63) is 0 Å². The van der Waals surface area contributed by atoms with Crippen LogP contribution >= 0.6 is 0 Å². The van der Waals surface area contributed by atoms with Crippen LogP contribution in [0.25, 0.3) is 0 Å². The first-order valence-corrected chi connectivity index (χ1v) is 7.16. The third-order valence-corrected chi connectivity index (χ3v) is 4.36. The van der Waals surface area contributed by atoms with E-state index >= 15 is 0 Å². The molecule has 0 bridgehead atoms. The largest absolute Gasteiger partial charge is 0.326 e. The minimum absolute atomic E-state index is 0.0357. The molecular formula is C14H26N2O. The Hall–Kier alpha value is -0.570. The van der Waals surface area contributed by atoms with Gasteiger partial charge in [-0.1, -0.05) is 39.5 Å². The molecule has 0 aromatic rings. The van der Waals surface area contributed by atoms with Gasteiger partial charge in [0.15, 0.2) is 0 Å². The Morgan fingerprint density at radius 1 is 1.35 bits per heavy atom. The normalized spacial score (nSPS) is 30.8. The summed E-state index contributed by atoms with van der Waals surface area (Å²) in [6, 6.07) is 0.0357. The monoisotopic (exact) mass is 238 g/mol. The van der Waals surface area contributed by atoms with E-state index in [1.807, 2.05) is 4.90 Å². The fraction of sp³-hybridized carbons (Fsp3) is 0.929. The molecule has 0 spiro atoms. The van der Waals surface area contributed by atoms with E-state index < -0.39 is 0 Å². The summed E-state index contributed by atoms with van der Waals surface area (Å²) in [5.74, 6) is 1.57. The molecule has 1 aliphatic carbocycles. The molecule has 2 aliphatic rings. The smallest absolute Gasteiger partial charge is 0.241 e. The van der Waals surface area contributed by atoms with Crippen molar-refractivity contribution in [1.82, 2.24) is 10.2 Å². The molecule has 1 saturated heterocycles. The Labute approximate surface area is 105 Å². The number of nitrogens with zero attached hydrogens (tertiary/aromatic N) is 1. The summed E-state index contributed by atoms with van der Waals surface area (Å²) < 4.78 is 0. The summed E-state index contributed by atoms with van der Waals surface area (Å²) in [4.78, 5) is 14.3. The Balaban J connectivity index is 1.85. The van der Waals surface area contributed by atoms with Crippen molar-refractivity contribution in [3.8, 4) is 0 Å². The standard InChI is InChI=1S/C14H26N2O/c1-10(2)13-14(17)16(11(3)15-13)9-8-12-6-4-5-7-12/h10-13,15H,4-9H2,1-3H3. The van der Waals surface area contributed by atoms with E-state index in [4.69, 9.17) is 0 Å². The van der Waals surface area contributed by atoms with Gasteiger partial charge in [0.05, 0.1) is 12.2 Å². The van der Waals surface area contributed by atoms with Crippen molar-refractivity contribution < 1.29 is 4.79 Å². The van der Waals surface area contributed by atoms with Gasteiger partial charge in [-0.2, -0.15) is 0 Å². The lowest BCUT2D eigenvalue weighted by atomic mass is 10.0. The minimum Gasteiger partial charge on any atom is -0.326 e. The van der Waals surface area contributed by atoms with Crippen LogP contribution in [0, 0.1) is 11.8 Å². The average molecular weight is 238 g/mol. The summed E-state index contributed by atoms with van der Waals surface area (Å²) in [5.41, 5.74) is 0. The first-order valence-electron chi connectivity index (χ1n) is 7.16. The lowest BCUT2D eigenvalue weighted by Gasteiger charge is -2.22. The molecule has 2 atom stereocenters. The molecule has 98 valence electrons. The van der Waals surface area contributed by atoms with Crippen molar-refractivity contribution in [2.75, 3.05) is 6.54 Å². The van der Waals surface area contributed by atoms with Crippen LogP contribution in [0.15, 0.2) is 0 Å². The maximum atomic E-state index is 12.2. The lowest BCUT2D eigenvalue weighted by Crippen LogP contribution is -2.36. The third kappa shape index (κ3) is 2.82. The van der Waals surface area contributed by atoms with Gasteiger partial charge in [-0.15, -0.1) is 0 Å². The van der Waals surface area contributed by atoms with Gasteiger partial charge in [-0.25, -0.2) is 0 Å². The molecule has 0 radical (unpaired) electrons. The molecule has 3 heteroatoms. The van der Waals surface area contributed by atoms with Crippen LogP contribution in [0.3, 0.4) is 0 Å². The molecule has 1 heterocycles. The minimum atomic E-state index is 0.0357. The predicted molar refractivity (Wildman–Crippen MR) is 69.5 cm³/mol. The topological polar surface area (TPSA) is 32.3 Å². The second kappa shape index (κ2) is 5.38. The number of nitrogens with one attached hydrogen (secondary N) is 1. The van der Waals surface area contributed by atoms with Gasteiger partial charge in [-0.05, 0) is 25.2 Å². The molecule has 1 amide bonds. The molecule has 1 N–H and O–H groups in total. The zero-order valence-corrected chi connectivity index (χ0v) is 11.4. The molecule has 0 aromatic heterocycles. The van der Waals surface area contributed by atoms with Crippen molar-refractivity contribution in [2.45, 2.75) is 65.1 Å². The van der Waals surface area contributed by atoms with Crippen molar-refractivity contribution in [1.29, 1.82) is 0 Å². The first kappa shape index (κ1) is 12.9.